The zero-order valence-electron chi connectivity index (χ0n) is 9.66. The van der Waals surface area contributed by atoms with Crippen molar-refractivity contribution in [2.45, 2.75) is 32.7 Å². The van der Waals surface area contributed by atoms with Gasteiger partial charge in [-0.15, -0.1) is 0 Å². The van der Waals surface area contributed by atoms with Gasteiger partial charge in [-0.3, -0.25) is 4.79 Å². The first kappa shape index (κ1) is 10.5. The Labute approximate surface area is 91.6 Å². The number of rotatable bonds is 0. The summed E-state index contributed by atoms with van der Waals surface area (Å²) in [5.74, 6) is 0.263. The Morgan fingerprint density at radius 3 is 2.33 bits per heavy atom. The number of hydrogen-bond acceptors (Lipinski definition) is 1. The molecule has 2 rings (SSSR count). The second kappa shape index (κ2) is 3.22. The number of likely N-dealkylation sites (tertiary alicyclic amines) is 1. The average molecular weight is 204 g/mol. The normalized spacial score (nSPS) is 24.2. The molecular weight excluding hydrogens is 186 g/mol. The number of carbonyl (C=O) groups excluding carboxylic acids is 1. The van der Waals surface area contributed by atoms with Crippen molar-refractivity contribution in [3.8, 4) is 0 Å². The van der Waals surface area contributed by atoms with Crippen molar-refractivity contribution < 1.29 is 4.79 Å². The van der Waals surface area contributed by atoms with Gasteiger partial charge in [0.05, 0.1) is 0 Å². The number of carbonyl (C=O) groups is 1. The third kappa shape index (κ3) is 1.85. The van der Waals surface area contributed by atoms with Gasteiger partial charge in [0.25, 0.3) is 0 Å². The van der Waals surface area contributed by atoms with Crippen molar-refractivity contribution in [3.05, 3.63) is 30.7 Å². The molecule has 0 bridgehead atoms. The topological polar surface area (TPSA) is 20.3 Å². The Morgan fingerprint density at radius 1 is 1.27 bits per heavy atom. The van der Waals surface area contributed by atoms with E-state index >= 15 is 0 Å². The summed E-state index contributed by atoms with van der Waals surface area (Å²) in [5, 5.41) is 0. The molecule has 0 saturated carbocycles. The minimum Gasteiger partial charge on any atom is -0.337 e. The van der Waals surface area contributed by atoms with Crippen LogP contribution in [0.5, 0.6) is 0 Å². The molecule has 2 heteroatoms. The maximum absolute atomic E-state index is 11.9. The highest BCUT2D eigenvalue weighted by molar-refractivity contribution is 5.81. The Bertz CT molecular complexity index is 321. The van der Waals surface area contributed by atoms with E-state index in [-0.39, 0.29) is 16.9 Å². The van der Waals surface area contributed by atoms with Crippen molar-refractivity contribution >= 4 is 5.91 Å². The second-order valence-electron chi connectivity index (χ2n) is 5.47. The Hall–Kier alpha value is -1.05. The van der Waals surface area contributed by atoms with E-state index in [2.05, 4.69) is 32.9 Å². The van der Waals surface area contributed by atoms with Crippen LogP contribution in [-0.2, 0) is 4.79 Å². The van der Waals surface area contributed by atoms with Crippen LogP contribution < -0.4 is 0 Å². The monoisotopic (exact) mass is 204 g/mol. The Kier molecular flexibility index (Phi) is 2.25. The summed E-state index contributed by atoms with van der Waals surface area (Å²) in [7, 11) is 0. The average Bonchev–Trinajstić information content (AvgIpc) is 2.44. The molecule has 15 heavy (non-hydrogen) atoms. The first-order valence-corrected chi connectivity index (χ1v) is 5.44. The predicted octanol–water partition coefficient (Wildman–Crippen LogP) is 2.33. The molecule has 1 fully saturated rings. The highest BCUT2D eigenvalue weighted by atomic mass is 16.2. The lowest BCUT2D eigenvalue weighted by Gasteiger charge is -2.33. The standard InChI is InChI=1S/C13H18NO/c1-12(2,3)14-10-13(9-11(14)15)7-5-4-6-8-13/h4-8H,9-10H2,1-3H3. The first-order valence-electron chi connectivity index (χ1n) is 5.44. The van der Waals surface area contributed by atoms with E-state index in [1.807, 2.05) is 23.5 Å². The summed E-state index contributed by atoms with van der Waals surface area (Å²) in [5.41, 5.74) is -0.109. The molecule has 0 unspecified atom stereocenters. The fourth-order valence-electron chi connectivity index (χ4n) is 2.26. The van der Waals surface area contributed by atoms with Gasteiger partial charge >= 0.3 is 0 Å². The smallest absolute Gasteiger partial charge is 0.224 e. The Morgan fingerprint density at radius 2 is 1.87 bits per heavy atom. The van der Waals surface area contributed by atoms with Crippen LogP contribution in [0, 0.1) is 11.8 Å². The van der Waals surface area contributed by atoms with Crippen LogP contribution in [0.1, 0.15) is 27.2 Å². The summed E-state index contributed by atoms with van der Waals surface area (Å²) in [6.45, 7) is 7.08. The fraction of sp³-hybridized carbons (Fsp3) is 0.538. The lowest BCUT2D eigenvalue weighted by atomic mass is 9.83. The summed E-state index contributed by atoms with van der Waals surface area (Å²) < 4.78 is 0. The second-order valence-corrected chi connectivity index (χ2v) is 5.47. The lowest BCUT2D eigenvalue weighted by molar-refractivity contribution is -0.131. The zero-order valence-corrected chi connectivity index (χ0v) is 9.66. The van der Waals surface area contributed by atoms with Crippen molar-refractivity contribution in [2.24, 2.45) is 5.41 Å². The summed E-state index contributed by atoms with van der Waals surface area (Å²) >= 11 is 0. The van der Waals surface area contributed by atoms with Crippen LogP contribution >= 0.6 is 0 Å². The number of allylic oxidation sites excluding steroid dienone is 2. The Balaban J connectivity index is 2.23. The van der Waals surface area contributed by atoms with Crippen molar-refractivity contribution in [2.75, 3.05) is 6.54 Å². The van der Waals surface area contributed by atoms with E-state index < -0.39 is 0 Å². The first-order chi connectivity index (χ1) is 6.93. The van der Waals surface area contributed by atoms with E-state index in [1.54, 1.807) is 0 Å². The molecule has 1 spiro atoms. The molecule has 1 amide bonds. The van der Waals surface area contributed by atoms with E-state index in [1.165, 1.54) is 0 Å². The molecule has 1 aliphatic heterocycles. The minimum absolute atomic E-state index is 0.0425. The largest absolute Gasteiger partial charge is 0.337 e. The maximum atomic E-state index is 11.9. The lowest BCUT2D eigenvalue weighted by Crippen LogP contribution is -2.43. The molecule has 1 aliphatic carbocycles. The predicted molar refractivity (Wildman–Crippen MR) is 61.1 cm³/mol. The third-order valence-corrected chi connectivity index (χ3v) is 3.12. The van der Waals surface area contributed by atoms with Gasteiger partial charge in [0, 0.05) is 30.3 Å². The van der Waals surface area contributed by atoms with Gasteiger partial charge in [-0.25, -0.2) is 0 Å². The van der Waals surface area contributed by atoms with Gasteiger partial charge in [-0.05, 0) is 20.8 Å². The summed E-state index contributed by atoms with van der Waals surface area (Å²) in [6, 6.07) is 0. The molecule has 1 saturated heterocycles. The fourth-order valence-corrected chi connectivity index (χ4v) is 2.26. The van der Waals surface area contributed by atoms with Gasteiger partial charge in [-0.1, -0.05) is 24.3 Å². The summed E-state index contributed by atoms with van der Waals surface area (Å²) in [6.07, 6.45) is 11.0. The molecule has 0 aromatic rings. The summed E-state index contributed by atoms with van der Waals surface area (Å²) in [4.78, 5) is 13.9. The highest BCUT2D eigenvalue weighted by Crippen LogP contribution is 2.39. The van der Waals surface area contributed by atoms with Crippen LogP contribution in [0.4, 0.5) is 0 Å². The van der Waals surface area contributed by atoms with Gasteiger partial charge in [0.1, 0.15) is 0 Å². The van der Waals surface area contributed by atoms with Crippen LogP contribution in [-0.4, -0.2) is 22.9 Å². The number of hydrogen-bond donors (Lipinski definition) is 0. The maximum Gasteiger partial charge on any atom is 0.224 e. The molecule has 0 aromatic carbocycles. The van der Waals surface area contributed by atoms with Crippen LogP contribution in [0.25, 0.3) is 0 Å². The minimum atomic E-state index is -0.0660. The van der Waals surface area contributed by atoms with Crippen molar-refractivity contribution in [1.29, 1.82) is 0 Å². The molecule has 81 valence electrons. The zero-order chi connectivity index (χ0) is 11.1. The van der Waals surface area contributed by atoms with Crippen LogP contribution in [0.2, 0.25) is 0 Å². The van der Waals surface area contributed by atoms with Gasteiger partial charge in [-0.2, -0.15) is 0 Å². The van der Waals surface area contributed by atoms with E-state index in [9.17, 15) is 4.79 Å². The molecule has 2 nitrogen and oxygen atoms in total. The molecule has 1 heterocycles. The van der Waals surface area contributed by atoms with E-state index in [4.69, 9.17) is 0 Å². The molecule has 1 radical (unpaired) electrons. The van der Waals surface area contributed by atoms with Crippen LogP contribution in [0.15, 0.2) is 24.3 Å². The SMILES string of the molecule is CC(C)(C)N1CC2(C=C[CH]C=C2)CC1=O. The number of nitrogens with zero attached hydrogens (tertiary/aromatic N) is 1. The van der Waals surface area contributed by atoms with Crippen molar-refractivity contribution in [1.82, 2.24) is 4.90 Å². The van der Waals surface area contributed by atoms with Gasteiger partial charge < -0.3 is 4.90 Å². The van der Waals surface area contributed by atoms with Gasteiger partial charge in [0.2, 0.25) is 5.91 Å². The quantitative estimate of drug-likeness (QED) is 0.593. The molecule has 0 atom stereocenters. The molecule has 2 aliphatic rings. The van der Waals surface area contributed by atoms with E-state index in [0.29, 0.717) is 6.42 Å². The molecular formula is C13H18NO. The molecule has 0 aromatic heterocycles. The third-order valence-electron chi connectivity index (χ3n) is 3.12. The highest BCUT2D eigenvalue weighted by Gasteiger charge is 2.43. The van der Waals surface area contributed by atoms with Crippen LogP contribution in [0.3, 0.4) is 0 Å². The number of amides is 1. The molecule has 0 N–H and O–H groups in total. The van der Waals surface area contributed by atoms with Gasteiger partial charge in [0.15, 0.2) is 0 Å². The van der Waals surface area contributed by atoms with E-state index in [0.717, 1.165) is 6.54 Å². The van der Waals surface area contributed by atoms with Crippen molar-refractivity contribution in [3.63, 3.8) is 0 Å².